The summed E-state index contributed by atoms with van der Waals surface area (Å²) in [6.07, 6.45) is 2.72. The molecule has 2 nitrogen and oxygen atoms in total. The van der Waals surface area contributed by atoms with Crippen LogP contribution in [0.15, 0.2) is 85.1 Å². The molecule has 0 unspecified atom stereocenters. The first-order valence-electron chi connectivity index (χ1n) is 8.53. The highest BCUT2D eigenvalue weighted by molar-refractivity contribution is 5.63. The number of aromatic amines is 1. The molecule has 0 atom stereocenters. The molecule has 2 heteroatoms. The average Bonchev–Trinajstić information content (AvgIpc) is 3.12. The van der Waals surface area contributed by atoms with Crippen LogP contribution in [0.3, 0.4) is 0 Å². The van der Waals surface area contributed by atoms with Crippen LogP contribution in [0.2, 0.25) is 0 Å². The van der Waals surface area contributed by atoms with Crippen molar-refractivity contribution in [2.24, 2.45) is 0 Å². The van der Waals surface area contributed by atoms with E-state index in [-0.39, 0.29) is 0 Å². The van der Waals surface area contributed by atoms with E-state index in [1.807, 2.05) is 12.3 Å². The van der Waals surface area contributed by atoms with E-state index < -0.39 is 0 Å². The van der Waals surface area contributed by atoms with Crippen LogP contribution in [0, 0.1) is 6.92 Å². The number of H-pyrrole nitrogens is 1. The van der Waals surface area contributed by atoms with Crippen molar-refractivity contribution in [2.45, 2.75) is 13.3 Å². The van der Waals surface area contributed by atoms with E-state index in [0.29, 0.717) is 0 Å². The maximum atomic E-state index is 4.54. The molecule has 0 radical (unpaired) electrons. The summed E-state index contributed by atoms with van der Waals surface area (Å²) in [6.45, 7) is 2.10. The number of rotatable bonds is 4. The predicted octanol–water partition coefficient (Wildman–Crippen LogP) is 5.64. The molecular weight excluding hydrogens is 304 g/mol. The van der Waals surface area contributed by atoms with E-state index in [9.17, 15) is 0 Å². The average molecular weight is 324 g/mol. The summed E-state index contributed by atoms with van der Waals surface area (Å²) in [7, 11) is 0. The number of hydrogen-bond donors (Lipinski definition) is 1. The van der Waals surface area contributed by atoms with Crippen molar-refractivity contribution in [3.63, 3.8) is 0 Å². The topological polar surface area (TPSA) is 28.7 Å². The molecule has 0 fully saturated rings. The molecule has 1 heterocycles. The van der Waals surface area contributed by atoms with Gasteiger partial charge in [0.25, 0.3) is 0 Å². The fourth-order valence-electron chi connectivity index (χ4n) is 2.97. The van der Waals surface area contributed by atoms with Gasteiger partial charge in [-0.25, -0.2) is 4.98 Å². The van der Waals surface area contributed by atoms with Crippen LogP contribution in [0.1, 0.15) is 17.0 Å². The minimum Gasteiger partial charge on any atom is -0.342 e. The van der Waals surface area contributed by atoms with Gasteiger partial charge in [-0.1, -0.05) is 84.4 Å². The van der Waals surface area contributed by atoms with Crippen molar-refractivity contribution >= 4 is 0 Å². The molecule has 3 aromatic carbocycles. The minimum absolute atomic E-state index is 0.806. The second kappa shape index (κ2) is 6.78. The van der Waals surface area contributed by atoms with Crippen LogP contribution in [-0.4, -0.2) is 9.97 Å². The molecule has 4 aromatic rings. The molecule has 0 aliphatic carbocycles. The third-order valence-corrected chi connectivity index (χ3v) is 4.42. The molecule has 1 aromatic heterocycles. The van der Waals surface area contributed by atoms with Crippen LogP contribution in [0.4, 0.5) is 0 Å². The van der Waals surface area contributed by atoms with Gasteiger partial charge in [-0.2, -0.15) is 0 Å². The smallest absolute Gasteiger partial charge is 0.110 e. The molecule has 0 saturated heterocycles. The van der Waals surface area contributed by atoms with Gasteiger partial charge in [-0.05, 0) is 29.2 Å². The van der Waals surface area contributed by atoms with Crippen molar-refractivity contribution in [1.29, 1.82) is 0 Å². The number of imidazole rings is 1. The summed E-state index contributed by atoms with van der Waals surface area (Å²) in [5.41, 5.74) is 7.24. The second-order valence-electron chi connectivity index (χ2n) is 6.35. The Balaban J connectivity index is 1.50. The van der Waals surface area contributed by atoms with Crippen molar-refractivity contribution in [3.05, 3.63) is 102 Å². The van der Waals surface area contributed by atoms with E-state index in [4.69, 9.17) is 0 Å². The zero-order chi connectivity index (χ0) is 17.1. The van der Waals surface area contributed by atoms with Gasteiger partial charge in [0, 0.05) is 6.42 Å². The first kappa shape index (κ1) is 15.4. The number of benzene rings is 3. The number of nitrogens with zero attached hydrogens (tertiary/aromatic N) is 1. The second-order valence-corrected chi connectivity index (χ2v) is 6.35. The number of aryl methyl sites for hydroxylation is 1. The van der Waals surface area contributed by atoms with E-state index in [2.05, 4.69) is 89.7 Å². The lowest BCUT2D eigenvalue weighted by atomic mass is 10.0. The molecule has 25 heavy (non-hydrogen) atoms. The first-order valence-corrected chi connectivity index (χ1v) is 8.53. The van der Waals surface area contributed by atoms with Gasteiger partial charge in [0.1, 0.15) is 5.82 Å². The zero-order valence-electron chi connectivity index (χ0n) is 14.2. The third-order valence-electron chi connectivity index (χ3n) is 4.42. The minimum atomic E-state index is 0.806. The van der Waals surface area contributed by atoms with Gasteiger partial charge in [-0.15, -0.1) is 0 Å². The fraction of sp³-hybridized carbons (Fsp3) is 0.0870. The van der Waals surface area contributed by atoms with E-state index >= 15 is 0 Å². The predicted molar refractivity (Wildman–Crippen MR) is 103 cm³/mol. The van der Waals surface area contributed by atoms with Gasteiger partial charge < -0.3 is 4.98 Å². The van der Waals surface area contributed by atoms with Gasteiger partial charge in [0.2, 0.25) is 0 Å². The molecule has 0 aliphatic rings. The van der Waals surface area contributed by atoms with Crippen LogP contribution >= 0.6 is 0 Å². The van der Waals surface area contributed by atoms with Crippen molar-refractivity contribution in [1.82, 2.24) is 9.97 Å². The molecular formula is C23H20N2. The largest absolute Gasteiger partial charge is 0.342 e. The van der Waals surface area contributed by atoms with Crippen LogP contribution in [-0.2, 0) is 6.42 Å². The summed E-state index contributed by atoms with van der Waals surface area (Å²) in [6, 6.07) is 27.7. The fourth-order valence-corrected chi connectivity index (χ4v) is 2.97. The van der Waals surface area contributed by atoms with Gasteiger partial charge in [0.15, 0.2) is 0 Å². The Labute approximate surface area is 148 Å². The summed E-state index contributed by atoms with van der Waals surface area (Å²) >= 11 is 0. The number of hydrogen-bond acceptors (Lipinski definition) is 1. The van der Waals surface area contributed by atoms with Crippen molar-refractivity contribution < 1.29 is 0 Å². The molecule has 1 N–H and O–H groups in total. The number of aromatic nitrogens is 2. The van der Waals surface area contributed by atoms with Crippen molar-refractivity contribution in [2.75, 3.05) is 0 Å². The number of nitrogens with one attached hydrogen (secondary N) is 1. The maximum Gasteiger partial charge on any atom is 0.110 e. The third kappa shape index (κ3) is 3.53. The Bertz CT molecular complexity index is 949. The van der Waals surface area contributed by atoms with Gasteiger partial charge in [0.05, 0.1) is 11.9 Å². The quantitative estimate of drug-likeness (QED) is 0.517. The highest BCUT2D eigenvalue weighted by atomic mass is 14.9. The monoisotopic (exact) mass is 324 g/mol. The molecule has 4 rings (SSSR count). The summed E-state index contributed by atoms with van der Waals surface area (Å²) < 4.78 is 0. The Kier molecular flexibility index (Phi) is 4.17. The molecule has 0 aliphatic heterocycles. The highest BCUT2D eigenvalue weighted by Gasteiger charge is 2.05. The highest BCUT2D eigenvalue weighted by Crippen LogP contribution is 2.21. The van der Waals surface area contributed by atoms with Crippen LogP contribution < -0.4 is 0 Å². The Morgan fingerprint density at radius 3 is 2.08 bits per heavy atom. The normalized spacial score (nSPS) is 10.8. The maximum absolute atomic E-state index is 4.54. The lowest BCUT2D eigenvalue weighted by molar-refractivity contribution is 1.03. The summed E-state index contributed by atoms with van der Waals surface area (Å²) in [5, 5.41) is 0. The van der Waals surface area contributed by atoms with Gasteiger partial charge >= 0.3 is 0 Å². The standard InChI is InChI=1S/C23H20N2/c1-17-7-11-21(12-8-17)22-16-24-23(25-22)15-18-9-13-20(14-10-18)19-5-3-2-4-6-19/h2-14,16H,15H2,1H3,(H,24,25). The van der Waals surface area contributed by atoms with Crippen LogP contribution in [0.25, 0.3) is 22.4 Å². The Hall–Kier alpha value is -3.13. The van der Waals surface area contributed by atoms with Gasteiger partial charge in [-0.3, -0.25) is 0 Å². The Morgan fingerprint density at radius 1 is 0.720 bits per heavy atom. The summed E-state index contributed by atoms with van der Waals surface area (Å²) in [5.74, 6) is 0.989. The molecule has 0 saturated carbocycles. The van der Waals surface area contributed by atoms with E-state index in [1.54, 1.807) is 0 Å². The molecule has 0 amide bonds. The van der Waals surface area contributed by atoms with E-state index in [0.717, 1.165) is 17.9 Å². The lowest BCUT2D eigenvalue weighted by Gasteiger charge is -2.04. The lowest BCUT2D eigenvalue weighted by Crippen LogP contribution is -1.91. The SMILES string of the molecule is Cc1ccc(-c2cnc(Cc3ccc(-c4ccccc4)cc3)[nH]2)cc1. The Morgan fingerprint density at radius 2 is 1.36 bits per heavy atom. The van der Waals surface area contributed by atoms with Crippen molar-refractivity contribution in [3.8, 4) is 22.4 Å². The summed E-state index contributed by atoms with van der Waals surface area (Å²) in [4.78, 5) is 7.97. The zero-order valence-corrected chi connectivity index (χ0v) is 14.2. The molecule has 122 valence electrons. The molecule has 0 bridgehead atoms. The van der Waals surface area contributed by atoms with Crippen LogP contribution in [0.5, 0.6) is 0 Å². The van der Waals surface area contributed by atoms with E-state index in [1.165, 1.54) is 27.8 Å². The first-order chi connectivity index (χ1) is 12.3. The molecule has 0 spiro atoms.